The second-order valence-electron chi connectivity index (χ2n) is 4.96. The van der Waals surface area contributed by atoms with Crippen LogP contribution in [0.3, 0.4) is 0 Å². The van der Waals surface area contributed by atoms with E-state index in [-0.39, 0.29) is 0 Å². The molecule has 1 aromatic carbocycles. The van der Waals surface area contributed by atoms with Crippen molar-refractivity contribution in [2.75, 3.05) is 6.54 Å². The number of hydrogen-bond acceptors (Lipinski definition) is 7. The highest BCUT2D eigenvalue weighted by molar-refractivity contribution is 7.12. The monoisotopic (exact) mass is 314 g/mol. The average molecular weight is 314 g/mol. The van der Waals surface area contributed by atoms with Crippen molar-refractivity contribution in [3.63, 3.8) is 0 Å². The van der Waals surface area contributed by atoms with Crippen LogP contribution in [-0.2, 0) is 6.42 Å². The van der Waals surface area contributed by atoms with E-state index in [2.05, 4.69) is 20.7 Å². The van der Waals surface area contributed by atoms with Gasteiger partial charge < -0.3 is 14.9 Å². The average Bonchev–Trinajstić information content (AvgIpc) is 3.07. The van der Waals surface area contributed by atoms with Crippen LogP contribution in [0.2, 0.25) is 0 Å². The van der Waals surface area contributed by atoms with Gasteiger partial charge in [0.1, 0.15) is 5.01 Å². The van der Waals surface area contributed by atoms with E-state index in [0.717, 1.165) is 40.0 Å². The number of fused-ring (bicyclic) bond motifs is 2. The van der Waals surface area contributed by atoms with Crippen LogP contribution in [-0.4, -0.2) is 23.0 Å². The lowest BCUT2D eigenvalue weighted by Gasteiger charge is -2.04. The molecule has 7 heteroatoms. The number of ether oxygens (including phenoxy) is 2. The molecule has 0 saturated carbocycles. The number of allylic oxidation sites excluding steroid dienone is 1. The molecule has 3 heterocycles. The first-order valence-electron chi connectivity index (χ1n) is 7.06. The zero-order valence-electron chi connectivity index (χ0n) is 11.9. The molecule has 2 aliphatic heterocycles. The summed E-state index contributed by atoms with van der Waals surface area (Å²) in [4.78, 5) is 0. The van der Waals surface area contributed by atoms with Crippen molar-refractivity contribution in [2.45, 2.75) is 19.6 Å². The first-order chi connectivity index (χ1) is 10.8. The molecule has 0 fully saturated rings. The molecule has 1 unspecified atom stereocenters. The summed E-state index contributed by atoms with van der Waals surface area (Å²) in [5.41, 5.74) is 5.24. The Morgan fingerprint density at radius 1 is 1.27 bits per heavy atom. The molecule has 0 saturated heterocycles. The van der Waals surface area contributed by atoms with E-state index in [1.807, 2.05) is 37.4 Å². The van der Waals surface area contributed by atoms with Crippen molar-refractivity contribution in [3.05, 3.63) is 39.4 Å². The molecular weight excluding hydrogens is 300 g/mol. The molecule has 112 valence electrons. The van der Waals surface area contributed by atoms with Gasteiger partial charge in [0.05, 0.1) is 6.21 Å². The van der Waals surface area contributed by atoms with Crippen LogP contribution < -0.4 is 14.9 Å². The lowest BCUT2D eigenvalue weighted by atomic mass is 10.0. The van der Waals surface area contributed by atoms with E-state index in [1.54, 1.807) is 0 Å². The van der Waals surface area contributed by atoms with E-state index in [1.165, 1.54) is 16.9 Å². The quantitative estimate of drug-likeness (QED) is 0.922. The maximum absolute atomic E-state index is 5.89. The van der Waals surface area contributed by atoms with Crippen LogP contribution in [0.5, 0.6) is 11.5 Å². The highest BCUT2D eigenvalue weighted by Gasteiger charge is 2.30. The molecule has 1 aromatic heterocycles. The number of hydrogen-bond donors (Lipinski definition) is 1. The molecule has 6 nitrogen and oxygen atoms in total. The van der Waals surface area contributed by atoms with Crippen molar-refractivity contribution in [1.82, 2.24) is 15.6 Å². The zero-order valence-corrected chi connectivity index (χ0v) is 12.8. The Morgan fingerprint density at radius 2 is 2.14 bits per heavy atom. The van der Waals surface area contributed by atoms with Crippen molar-refractivity contribution in [3.8, 4) is 11.5 Å². The smallest absolute Gasteiger partial charge is 0.296 e. The summed E-state index contributed by atoms with van der Waals surface area (Å²) < 4.78 is 11.8. The fourth-order valence-electron chi connectivity index (χ4n) is 2.42. The molecule has 1 N–H and O–H groups in total. The van der Waals surface area contributed by atoms with Gasteiger partial charge in [-0.15, -0.1) is 10.2 Å². The van der Waals surface area contributed by atoms with Crippen LogP contribution in [0, 0.1) is 0 Å². The molecule has 0 amide bonds. The Kier molecular flexibility index (Phi) is 3.27. The van der Waals surface area contributed by atoms with Gasteiger partial charge in [-0.1, -0.05) is 17.4 Å². The van der Waals surface area contributed by atoms with Crippen molar-refractivity contribution < 1.29 is 9.47 Å². The largest absolute Gasteiger partial charge is 0.444 e. The van der Waals surface area contributed by atoms with Gasteiger partial charge in [-0.05, 0) is 37.1 Å². The lowest BCUT2D eigenvalue weighted by molar-refractivity contribution is 0.0479. The molecule has 0 radical (unpaired) electrons. The molecule has 22 heavy (non-hydrogen) atoms. The summed E-state index contributed by atoms with van der Waals surface area (Å²) in [5.74, 6) is 1.47. The molecule has 0 bridgehead atoms. The van der Waals surface area contributed by atoms with E-state index >= 15 is 0 Å². The fraction of sp³-hybridized carbons (Fsp3) is 0.267. The predicted molar refractivity (Wildman–Crippen MR) is 84.4 cm³/mol. The minimum atomic E-state index is -0.521. The third kappa shape index (κ3) is 2.33. The van der Waals surface area contributed by atoms with Crippen molar-refractivity contribution in [2.24, 2.45) is 5.10 Å². The summed E-state index contributed by atoms with van der Waals surface area (Å²) in [7, 11) is 0. The first kappa shape index (κ1) is 13.3. The minimum absolute atomic E-state index is 0.521. The van der Waals surface area contributed by atoms with Gasteiger partial charge in [0.2, 0.25) is 0 Å². The Hall–Kier alpha value is -2.41. The Bertz CT molecular complexity index is 769. The molecule has 1 atom stereocenters. The van der Waals surface area contributed by atoms with Gasteiger partial charge in [0.25, 0.3) is 6.29 Å². The van der Waals surface area contributed by atoms with Crippen LogP contribution in [0.15, 0.2) is 23.3 Å². The highest BCUT2D eigenvalue weighted by Crippen LogP contribution is 2.42. The summed E-state index contributed by atoms with van der Waals surface area (Å²) in [6.45, 7) is 2.76. The third-order valence-corrected chi connectivity index (χ3v) is 4.35. The van der Waals surface area contributed by atoms with Gasteiger partial charge in [0.15, 0.2) is 16.5 Å². The number of hydrazone groups is 1. The number of nitrogens with one attached hydrogen (secondary N) is 1. The van der Waals surface area contributed by atoms with Crippen LogP contribution in [0.25, 0.3) is 6.08 Å². The van der Waals surface area contributed by atoms with Crippen LogP contribution >= 0.6 is 11.3 Å². The zero-order chi connectivity index (χ0) is 14.9. The Morgan fingerprint density at radius 3 is 3.00 bits per heavy atom. The van der Waals surface area contributed by atoms with Gasteiger partial charge in [0, 0.05) is 12.1 Å². The van der Waals surface area contributed by atoms with E-state index in [9.17, 15) is 0 Å². The van der Waals surface area contributed by atoms with Gasteiger partial charge in [-0.2, -0.15) is 5.10 Å². The Balaban J connectivity index is 1.62. The molecule has 0 aliphatic carbocycles. The normalized spacial score (nSPS) is 19.0. The maximum atomic E-state index is 5.89. The molecular formula is C15H14N4O2S. The van der Waals surface area contributed by atoms with Gasteiger partial charge >= 0.3 is 0 Å². The molecule has 2 aromatic rings. The van der Waals surface area contributed by atoms with Gasteiger partial charge in [-0.3, -0.25) is 0 Å². The van der Waals surface area contributed by atoms with Crippen LogP contribution in [0.1, 0.15) is 34.4 Å². The van der Waals surface area contributed by atoms with E-state index < -0.39 is 6.29 Å². The molecule has 2 aliphatic rings. The first-order valence-corrected chi connectivity index (χ1v) is 7.87. The summed E-state index contributed by atoms with van der Waals surface area (Å²) in [5, 5.41) is 13.9. The number of benzene rings is 1. The SMILES string of the molecule is C/C=C/c1nnc(C2Oc3cc4c(cc3O2)CCNN=C4)s1. The van der Waals surface area contributed by atoms with E-state index in [4.69, 9.17) is 9.47 Å². The summed E-state index contributed by atoms with van der Waals surface area (Å²) in [6, 6.07) is 3.99. The number of nitrogens with zero attached hydrogens (tertiary/aromatic N) is 3. The standard InChI is InChI=1S/C15H14N4O2S/c1-2-3-13-18-19-14(22-13)15-20-11-6-9-4-5-16-17-8-10(9)7-12(11)21-15/h2-3,6-8,15-16H,4-5H2,1H3/b3-2+. The van der Waals surface area contributed by atoms with E-state index in [0.29, 0.717) is 0 Å². The topological polar surface area (TPSA) is 68.6 Å². The summed E-state index contributed by atoms with van der Waals surface area (Å²) >= 11 is 1.47. The molecule has 0 spiro atoms. The van der Waals surface area contributed by atoms with Crippen molar-refractivity contribution in [1.29, 1.82) is 0 Å². The highest BCUT2D eigenvalue weighted by atomic mass is 32.1. The maximum Gasteiger partial charge on any atom is 0.296 e. The fourth-order valence-corrected chi connectivity index (χ4v) is 3.19. The third-order valence-electron chi connectivity index (χ3n) is 3.44. The number of aromatic nitrogens is 2. The lowest BCUT2D eigenvalue weighted by Crippen LogP contribution is -2.07. The summed E-state index contributed by atoms with van der Waals surface area (Å²) in [6.07, 6.45) is 6.04. The molecule has 4 rings (SSSR count). The minimum Gasteiger partial charge on any atom is -0.444 e. The number of rotatable bonds is 2. The van der Waals surface area contributed by atoms with Crippen molar-refractivity contribution >= 4 is 23.6 Å². The predicted octanol–water partition coefficient (Wildman–Crippen LogP) is 2.52. The van der Waals surface area contributed by atoms with Gasteiger partial charge in [-0.25, -0.2) is 0 Å². The van der Waals surface area contributed by atoms with Crippen LogP contribution in [0.4, 0.5) is 0 Å². The second kappa shape index (κ2) is 5.42. The second-order valence-corrected chi connectivity index (χ2v) is 6.00. The Labute approximate surface area is 131 Å².